The number of unbranched alkanes of at least 4 members (excludes halogenated alkanes) is 1. The van der Waals surface area contributed by atoms with Gasteiger partial charge in [-0.25, -0.2) is 9.59 Å². The number of esters is 2. The van der Waals surface area contributed by atoms with Gasteiger partial charge in [-0.2, -0.15) is 0 Å². The fraction of sp³-hybridized carbons (Fsp3) is 0.846. The molecule has 0 heterocycles. The van der Waals surface area contributed by atoms with Crippen molar-refractivity contribution in [3.63, 3.8) is 0 Å². The van der Waals surface area contributed by atoms with Gasteiger partial charge in [0, 0.05) is 7.11 Å². The predicted molar refractivity (Wildman–Crippen MR) is 122 cm³/mol. The molecule has 0 N–H and O–H groups in total. The van der Waals surface area contributed by atoms with Gasteiger partial charge in [-0.15, -0.1) is 0 Å². The first-order valence-corrected chi connectivity index (χ1v) is 12.2. The molecule has 178 valence electrons. The van der Waals surface area contributed by atoms with Crippen LogP contribution in [0.3, 0.4) is 0 Å². The fourth-order valence-electron chi connectivity index (χ4n) is 5.37. The highest BCUT2D eigenvalue weighted by Crippen LogP contribution is 2.55. The van der Waals surface area contributed by atoms with Crippen LogP contribution in [0.4, 0.5) is 0 Å². The van der Waals surface area contributed by atoms with E-state index in [9.17, 15) is 9.59 Å². The van der Waals surface area contributed by atoms with Gasteiger partial charge in [0.2, 0.25) is 0 Å². The van der Waals surface area contributed by atoms with E-state index in [-0.39, 0.29) is 35.8 Å². The highest BCUT2D eigenvalue weighted by molar-refractivity contribution is 6.02. The summed E-state index contributed by atoms with van der Waals surface area (Å²) in [7, 11) is 1.59. The summed E-state index contributed by atoms with van der Waals surface area (Å²) in [4.78, 5) is 26.6. The van der Waals surface area contributed by atoms with Crippen molar-refractivity contribution in [3.05, 3.63) is 11.1 Å². The summed E-state index contributed by atoms with van der Waals surface area (Å²) in [5.41, 5.74) is 0.583. The standard InChI is InChI=1S/C26H44O5/c1-9-11-12-16(3)20-13-19-14-21(20)23(24(27)30-18(5)15-29-8)22(19)25(28)31-26(6,7)17(4)10-2/h16-21H,9-15H2,1-8H3. The Bertz CT molecular complexity index is 665. The van der Waals surface area contributed by atoms with Crippen LogP contribution < -0.4 is 0 Å². The van der Waals surface area contributed by atoms with E-state index in [2.05, 4.69) is 27.7 Å². The molecular formula is C26H44O5. The Balaban J connectivity index is 2.32. The van der Waals surface area contributed by atoms with Crippen molar-refractivity contribution < 1.29 is 23.8 Å². The van der Waals surface area contributed by atoms with E-state index in [1.54, 1.807) is 7.11 Å². The Kier molecular flexibility index (Phi) is 9.17. The van der Waals surface area contributed by atoms with Crippen LogP contribution in [0.1, 0.15) is 87.0 Å². The second kappa shape index (κ2) is 11.0. The van der Waals surface area contributed by atoms with Crippen LogP contribution in [0.25, 0.3) is 0 Å². The first kappa shape index (κ1) is 25.9. The summed E-state index contributed by atoms with van der Waals surface area (Å²) < 4.78 is 16.8. The summed E-state index contributed by atoms with van der Waals surface area (Å²) in [6.07, 6.45) is 5.93. The fourth-order valence-corrected chi connectivity index (χ4v) is 5.37. The average molecular weight is 437 g/mol. The zero-order valence-electron chi connectivity index (χ0n) is 21.0. The number of rotatable bonds is 12. The van der Waals surface area contributed by atoms with Crippen molar-refractivity contribution in [2.24, 2.45) is 29.6 Å². The molecule has 0 aromatic heterocycles. The highest BCUT2D eigenvalue weighted by Gasteiger charge is 2.52. The van der Waals surface area contributed by atoms with E-state index in [4.69, 9.17) is 14.2 Å². The lowest BCUT2D eigenvalue weighted by Crippen LogP contribution is -2.37. The normalized spacial score (nSPS) is 26.0. The quantitative estimate of drug-likeness (QED) is 0.367. The van der Waals surface area contributed by atoms with Gasteiger partial charge in [0.05, 0.1) is 17.8 Å². The monoisotopic (exact) mass is 436 g/mol. The smallest absolute Gasteiger partial charge is 0.335 e. The third kappa shape index (κ3) is 5.91. The van der Waals surface area contributed by atoms with Crippen LogP contribution in [0, 0.1) is 29.6 Å². The van der Waals surface area contributed by atoms with Crippen molar-refractivity contribution in [3.8, 4) is 0 Å². The van der Waals surface area contributed by atoms with E-state index in [0.717, 1.165) is 25.7 Å². The highest BCUT2D eigenvalue weighted by atomic mass is 16.6. The molecule has 0 radical (unpaired) electrons. The first-order chi connectivity index (χ1) is 14.6. The van der Waals surface area contributed by atoms with Crippen molar-refractivity contribution in [1.82, 2.24) is 0 Å². The number of ether oxygens (including phenoxy) is 3. The molecular weight excluding hydrogens is 392 g/mol. The van der Waals surface area contributed by atoms with Crippen LogP contribution in [0.15, 0.2) is 11.1 Å². The minimum Gasteiger partial charge on any atom is -0.457 e. The topological polar surface area (TPSA) is 61.8 Å². The lowest BCUT2D eigenvalue weighted by Gasteiger charge is -2.34. The molecule has 0 saturated heterocycles. The summed E-state index contributed by atoms with van der Waals surface area (Å²) in [5, 5.41) is 0. The number of methoxy groups -OCH3 is 1. The Morgan fingerprint density at radius 2 is 1.74 bits per heavy atom. The van der Waals surface area contributed by atoms with Crippen LogP contribution in [0.2, 0.25) is 0 Å². The van der Waals surface area contributed by atoms with Gasteiger partial charge < -0.3 is 14.2 Å². The Labute approximate surface area is 189 Å². The van der Waals surface area contributed by atoms with E-state index in [1.807, 2.05) is 20.8 Å². The maximum atomic E-state index is 13.3. The molecule has 0 aromatic rings. The second-order valence-electron chi connectivity index (χ2n) is 10.4. The third-order valence-corrected chi connectivity index (χ3v) is 7.73. The predicted octanol–water partition coefficient (Wildman–Crippen LogP) is 5.71. The van der Waals surface area contributed by atoms with E-state index >= 15 is 0 Å². The Hall–Kier alpha value is -1.36. The zero-order valence-corrected chi connectivity index (χ0v) is 21.0. The van der Waals surface area contributed by atoms with Crippen molar-refractivity contribution in [2.75, 3.05) is 13.7 Å². The van der Waals surface area contributed by atoms with Gasteiger partial charge in [-0.05, 0) is 69.6 Å². The SMILES string of the molecule is CCCCC(C)C1CC2CC1C(C(=O)OC(C)COC)=C2C(=O)OC(C)(C)C(C)CC. The van der Waals surface area contributed by atoms with Crippen molar-refractivity contribution in [1.29, 1.82) is 0 Å². The van der Waals surface area contributed by atoms with Crippen LogP contribution in [0.5, 0.6) is 0 Å². The van der Waals surface area contributed by atoms with Crippen LogP contribution in [-0.4, -0.2) is 37.4 Å². The second-order valence-corrected chi connectivity index (χ2v) is 10.4. The maximum absolute atomic E-state index is 13.3. The molecule has 0 spiro atoms. The summed E-state index contributed by atoms with van der Waals surface area (Å²) >= 11 is 0. The Morgan fingerprint density at radius 3 is 2.32 bits per heavy atom. The molecule has 0 aliphatic heterocycles. The lowest BCUT2D eigenvalue weighted by molar-refractivity contribution is -0.158. The summed E-state index contributed by atoms with van der Waals surface area (Å²) in [6.45, 7) is 14.8. The molecule has 5 heteroatoms. The molecule has 31 heavy (non-hydrogen) atoms. The van der Waals surface area contributed by atoms with Crippen LogP contribution in [-0.2, 0) is 23.8 Å². The molecule has 2 aliphatic carbocycles. The molecule has 6 unspecified atom stereocenters. The number of carbonyl (C=O) groups excluding carboxylic acids is 2. The maximum Gasteiger partial charge on any atom is 0.335 e. The van der Waals surface area contributed by atoms with E-state index in [1.165, 1.54) is 12.8 Å². The average Bonchev–Trinajstić information content (AvgIpc) is 3.29. The number of hydrogen-bond donors (Lipinski definition) is 0. The molecule has 2 bridgehead atoms. The molecule has 5 nitrogen and oxygen atoms in total. The van der Waals surface area contributed by atoms with Crippen molar-refractivity contribution in [2.45, 2.75) is 98.7 Å². The molecule has 1 saturated carbocycles. The summed E-state index contributed by atoms with van der Waals surface area (Å²) in [6, 6.07) is 0. The molecule has 0 amide bonds. The van der Waals surface area contributed by atoms with Crippen LogP contribution >= 0.6 is 0 Å². The van der Waals surface area contributed by atoms with Gasteiger partial charge in [0.15, 0.2) is 0 Å². The van der Waals surface area contributed by atoms with Gasteiger partial charge in [0.25, 0.3) is 0 Å². The zero-order chi connectivity index (χ0) is 23.3. The van der Waals surface area contributed by atoms with Gasteiger partial charge in [-0.3, -0.25) is 0 Å². The molecule has 2 aliphatic rings. The lowest BCUT2D eigenvalue weighted by atomic mass is 9.75. The minimum atomic E-state index is -0.577. The molecule has 1 fully saturated rings. The molecule has 0 aromatic carbocycles. The molecule has 2 rings (SSSR count). The number of carbonyl (C=O) groups is 2. The van der Waals surface area contributed by atoms with Gasteiger partial charge in [-0.1, -0.05) is 47.0 Å². The van der Waals surface area contributed by atoms with Gasteiger partial charge >= 0.3 is 11.9 Å². The largest absolute Gasteiger partial charge is 0.457 e. The number of fused-ring (bicyclic) bond motifs is 2. The molecule has 6 atom stereocenters. The third-order valence-electron chi connectivity index (χ3n) is 7.73. The van der Waals surface area contributed by atoms with Crippen molar-refractivity contribution >= 4 is 11.9 Å². The Morgan fingerprint density at radius 1 is 1.06 bits per heavy atom. The first-order valence-electron chi connectivity index (χ1n) is 12.2. The summed E-state index contributed by atoms with van der Waals surface area (Å²) in [5.74, 6) is 0.684. The van der Waals surface area contributed by atoms with E-state index < -0.39 is 5.60 Å². The minimum absolute atomic E-state index is 0.0911. The van der Waals surface area contributed by atoms with Gasteiger partial charge in [0.1, 0.15) is 11.7 Å². The number of hydrogen-bond acceptors (Lipinski definition) is 5. The van der Waals surface area contributed by atoms with E-state index in [0.29, 0.717) is 29.6 Å².